The maximum atomic E-state index is 12.6. The average Bonchev–Trinajstić information content (AvgIpc) is 3.06. The van der Waals surface area contributed by atoms with E-state index >= 15 is 0 Å². The Labute approximate surface area is 168 Å². The minimum absolute atomic E-state index is 0.239. The van der Waals surface area contributed by atoms with E-state index in [9.17, 15) is 8.42 Å². The molecule has 5 nitrogen and oxygen atoms in total. The zero-order valence-corrected chi connectivity index (χ0v) is 17.2. The van der Waals surface area contributed by atoms with Crippen LogP contribution < -0.4 is 4.72 Å². The van der Waals surface area contributed by atoms with Crippen LogP contribution in [0.3, 0.4) is 0 Å². The normalized spacial score (nSPS) is 11.5. The molecular formula is C19H20ClN3O2S2. The lowest BCUT2D eigenvalue weighted by atomic mass is 10.1. The number of imidazole rings is 1. The lowest BCUT2D eigenvalue weighted by Gasteiger charge is -2.09. The highest BCUT2D eigenvalue weighted by Crippen LogP contribution is 2.27. The third-order valence-corrected chi connectivity index (χ3v) is 6.67. The van der Waals surface area contributed by atoms with E-state index in [1.807, 2.05) is 42.1 Å². The Morgan fingerprint density at radius 1 is 1.11 bits per heavy atom. The molecular weight excluding hydrogens is 402 g/mol. The highest BCUT2D eigenvalue weighted by atomic mass is 35.5. The second-order valence-corrected chi connectivity index (χ2v) is 9.09. The molecule has 0 spiro atoms. The zero-order chi connectivity index (χ0) is 19.3. The van der Waals surface area contributed by atoms with Crippen molar-refractivity contribution in [3.63, 3.8) is 0 Å². The summed E-state index contributed by atoms with van der Waals surface area (Å²) in [6.07, 6.45) is 5.33. The van der Waals surface area contributed by atoms with Crippen LogP contribution in [-0.2, 0) is 23.5 Å². The summed E-state index contributed by atoms with van der Waals surface area (Å²) in [5.41, 5.74) is 1.59. The second-order valence-electron chi connectivity index (χ2n) is 5.99. The molecule has 0 saturated heterocycles. The third kappa shape index (κ3) is 5.28. The van der Waals surface area contributed by atoms with Gasteiger partial charge in [-0.2, -0.15) is 0 Å². The summed E-state index contributed by atoms with van der Waals surface area (Å²) in [6, 6.07) is 14.1. The van der Waals surface area contributed by atoms with Gasteiger partial charge in [-0.1, -0.05) is 23.9 Å². The van der Waals surface area contributed by atoms with Gasteiger partial charge in [0.05, 0.1) is 4.90 Å². The molecule has 1 aromatic heterocycles. The molecule has 1 heterocycles. The van der Waals surface area contributed by atoms with Crippen molar-refractivity contribution < 1.29 is 8.42 Å². The van der Waals surface area contributed by atoms with E-state index in [2.05, 4.69) is 9.71 Å². The molecule has 0 aliphatic rings. The van der Waals surface area contributed by atoms with Crippen molar-refractivity contribution >= 4 is 39.1 Å². The Balaban J connectivity index is 1.67. The van der Waals surface area contributed by atoms with Crippen LogP contribution in [0.2, 0.25) is 0 Å². The van der Waals surface area contributed by atoms with Crippen LogP contribution in [0.25, 0.3) is 0 Å². The molecule has 0 aliphatic carbocycles. The highest BCUT2D eigenvalue weighted by Gasteiger charge is 2.14. The molecule has 0 atom stereocenters. The van der Waals surface area contributed by atoms with Gasteiger partial charge in [-0.05, 0) is 54.8 Å². The minimum atomic E-state index is -3.62. The monoisotopic (exact) mass is 421 g/mol. The number of alkyl halides is 1. The van der Waals surface area contributed by atoms with Gasteiger partial charge in [0, 0.05) is 35.9 Å². The van der Waals surface area contributed by atoms with Gasteiger partial charge in [0.1, 0.15) is 0 Å². The first-order valence-corrected chi connectivity index (χ1v) is 11.2. The van der Waals surface area contributed by atoms with Crippen molar-refractivity contribution in [1.29, 1.82) is 0 Å². The quantitative estimate of drug-likeness (QED) is 0.542. The molecule has 0 bridgehead atoms. The van der Waals surface area contributed by atoms with Crippen LogP contribution in [0.1, 0.15) is 12.0 Å². The molecule has 142 valence electrons. The van der Waals surface area contributed by atoms with Gasteiger partial charge in [-0.15, -0.1) is 11.6 Å². The summed E-state index contributed by atoms with van der Waals surface area (Å²) in [7, 11) is -1.69. The average molecular weight is 422 g/mol. The summed E-state index contributed by atoms with van der Waals surface area (Å²) in [5.74, 6) is 0.593. The second kappa shape index (κ2) is 8.82. The van der Waals surface area contributed by atoms with Crippen LogP contribution in [0.15, 0.2) is 75.9 Å². The molecule has 3 aromatic rings. The number of halogens is 1. The maximum Gasteiger partial charge on any atom is 0.261 e. The van der Waals surface area contributed by atoms with Crippen molar-refractivity contribution in [3.8, 4) is 0 Å². The number of sulfonamides is 1. The third-order valence-electron chi connectivity index (χ3n) is 3.93. The number of aromatic nitrogens is 2. The molecule has 0 fully saturated rings. The van der Waals surface area contributed by atoms with Gasteiger partial charge in [0.15, 0.2) is 5.16 Å². The lowest BCUT2D eigenvalue weighted by Crippen LogP contribution is -2.12. The summed E-state index contributed by atoms with van der Waals surface area (Å²) >= 11 is 7.21. The van der Waals surface area contributed by atoms with E-state index in [-0.39, 0.29) is 4.90 Å². The lowest BCUT2D eigenvalue weighted by molar-refractivity contribution is 0.601. The molecule has 0 radical (unpaired) electrons. The molecule has 2 aromatic carbocycles. The standard InChI is InChI=1S/C19H20ClN3O2S2/c1-23-14-13-21-19(23)26-17-8-6-16(7-9-17)22-27(24,25)18-10-4-15(5-11-18)3-2-12-20/h4-11,13-14,22H,2-3,12H2,1H3. The molecule has 1 N–H and O–H groups in total. The number of hydrogen-bond donors (Lipinski definition) is 1. The number of anilines is 1. The van der Waals surface area contributed by atoms with E-state index < -0.39 is 10.0 Å². The van der Waals surface area contributed by atoms with Gasteiger partial charge in [0.2, 0.25) is 0 Å². The predicted octanol–water partition coefficient (Wildman–Crippen LogP) is 4.54. The molecule has 3 rings (SSSR count). The fourth-order valence-corrected chi connectivity index (χ4v) is 4.46. The maximum absolute atomic E-state index is 12.6. The molecule has 0 unspecified atom stereocenters. The van der Waals surface area contributed by atoms with Crippen LogP contribution in [0.5, 0.6) is 0 Å². The number of nitrogens with one attached hydrogen (secondary N) is 1. The summed E-state index contributed by atoms with van der Waals surface area (Å²) in [5, 5.41) is 0.873. The van der Waals surface area contributed by atoms with Gasteiger partial charge < -0.3 is 4.57 Å². The number of hydrogen-bond acceptors (Lipinski definition) is 4. The Bertz CT molecular complexity index is 985. The SMILES string of the molecule is Cn1ccnc1Sc1ccc(NS(=O)(=O)c2ccc(CCCCl)cc2)cc1. The van der Waals surface area contributed by atoms with Crippen molar-refractivity contribution in [2.24, 2.45) is 7.05 Å². The highest BCUT2D eigenvalue weighted by molar-refractivity contribution is 7.99. The van der Waals surface area contributed by atoms with E-state index in [0.29, 0.717) is 11.6 Å². The Kier molecular flexibility index (Phi) is 6.46. The van der Waals surface area contributed by atoms with Gasteiger partial charge in [-0.3, -0.25) is 4.72 Å². The van der Waals surface area contributed by atoms with Gasteiger partial charge in [-0.25, -0.2) is 13.4 Å². The van der Waals surface area contributed by atoms with Crippen molar-refractivity contribution in [2.75, 3.05) is 10.6 Å². The Hall–Kier alpha value is -1.96. The zero-order valence-electron chi connectivity index (χ0n) is 14.8. The first-order chi connectivity index (χ1) is 13.0. The largest absolute Gasteiger partial charge is 0.329 e. The Morgan fingerprint density at radius 3 is 2.41 bits per heavy atom. The van der Waals surface area contributed by atoms with E-state index in [1.165, 1.54) is 11.8 Å². The number of benzene rings is 2. The molecule has 8 heteroatoms. The van der Waals surface area contributed by atoms with Crippen molar-refractivity contribution in [1.82, 2.24) is 9.55 Å². The molecule has 0 saturated carbocycles. The van der Waals surface area contributed by atoms with Crippen LogP contribution in [0.4, 0.5) is 5.69 Å². The number of aryl methyl sites for hydroxylation is 2. The first kappa shape index (κ1) is 19.8. The topological polar surface area (TPSA) is 64.0 Å². The summed E-state index contributed by atoms with van der Waals surface area (Å²) in [6.45, 7) is 0. The van der Waals surface area contributed by atoms with Crippen molar-refractivity contribution in [2.45, 2.75) is 27.8 Å². The van der Waals surface area contributed by atoms with Crippen LogP contribution in [0, 0.1) is 0 Å². The van der Waals surface area contributed by atoms with E-state index in [4.69, 9.17) is 11.6 Å². The van der Waals surface area contributed by atoms with E-state index in [0.717, 1.165) is 28.5 Å². The van der Waals surface area contributed by atoms with Crippen LogP contribution in [-0.4, -0.2) is 23.8 Å². The Morgan fingerprint density at radius 2 is 1.81 bits per heavy atom. The molecule has 0 amide bonds. The summed E-state index contributed by atoms with van der Waals surface area (Å²) < 4.78 is 29.7. The van der Waals surface area contributed by atoms with Gasteiger partial charge in [0.25, 0.3) is 10.0 Å². The fraction of sp³-hybridized carbons (Fsp3) is 0.211. The van der Waals surface area contributed by atoms with Gasteiger partial charge >= 0.3 is 0 Å². The fourth-order valence-electron chi connectivity index (χ4n) is 2.47. The van der Waals surface area contributed by atoms with Crippen LogP contribution >= 0.6 is 23.4 Å². The predicted molar refractivity (Wildman–Crippen MR) is 110 cm³/mol. The number of nitrogens with zero attached hydrogens (tertiary/aromatic N) is 2. The van der Waals surface area contributed by atoms with E-state index in [1.54, 1.807) is 30.5 Å². The molecule has 27 heavy (non-hydrogen) atoms. The number of rotatable bonds is 8. The molecule has 0 aliphatic heterocycles. The summed E-state index contributed by atoms with van der Waals surface area (Å²) in [4.78, 5) is 5.49. The first-order valence-electron chi connectivity index (χ1n) is 8.41. The minimum Gasteiger partial charge on any atom is -0.329 e. The smallest absolute Gasteiger partial charge is 0.261 e. The van der Waals surface area contributed by atoms with Crippen molar-refractivity contribution in [3.05, 3.63) is 66.5 Å².